The van der Waals surface area contributed by atoms with Gasteiger partial charge in [-0.05, 0) is 25.3 Å². The van der Waals surface area contributed by atoms with Crippen molar-refractivity contribution in [2.45, 2.75) is 32.2 Å². The second kappa shape index (κ2) is 6.26. The second-order valence-corrected chi connectivity index (χ2v) is 6.20. The molecule has 1 aliphatic heterocycles. The maximum atomic E-state index is 12.2. The minimum absolute atomic E-state index is 0.0733. The molecule has 0 saturated carbocycles. The van der Waals surface area contributed by atoms with Crippen LogP contribution >= 0.6 is 11.3 Å². The van der Waals surface area contributed by atoms with Gasteiger partial charge in [-0.1, -0.05) is 0 Å². The Morgan fingerprint density at radius 1 is 1.57 bits per heavy atom. The zero-order valence-corrected chi connectivity index (χ0v) is 12.6. The summed E-state index contributed by atoms with van der Waals surface area (Å²) in [4.78, 5) is 16.4. The zero-order valence-electron chi connectivity index (χ0n) is 11.8. The molecule has 0 fully saturated rings. The number of hydrogen-bond acceptors (Lipinski definition) is 5. The van der Waals surface area contributed by atoms with Crippen LogP contribution in [-0.2, 0) is 24.2 Å². The van der Waals surface area contributed by atoms with Gasteiger partial charge in [0.25, 0.3) is 0 Å². The molecule has 21 heavy (non-hydrogen) atoms. The highest BCUT2D eigenvalue weighted by atomic mass is 32.1. The highest BCUT2D eigenvalue weighted by molar-refractivity contribution is 7.13. The largest absolute Gasteiger partial charge is 0.375 e. The summed E-state index contributed by atoms with van der Waals surface area (Å²) >= 11 is 1.46. The third-order valence-corrected chi connectivity index (χ3v) is 4.52. The van der Waals surface area contributed by atoms with Crippen LogP contribution in [-0.4, -0.2) is 27.2 Å². The number of nitrogens with one attached hydrogen (secondary N) is 1. The number of amides is 1. The van der Waals surface area contributed by atoms with Crippen molar-refractivity contribution in [2.75, 3.05) is 12.3 Å². The molecule has 7 heteroatoms. The molecular weight excluding hydrogens is 286 g/mol. The molecule has 0 bridgehead atoms. The number of fused-ring (bicyclic) bond motifs is 1. The number of nitrogens with two attached hydrogens (primary N) is 1. The van der Waals surface area contributed by atoms with Crippen molar-refractivity contribution < 1.29 is 4.79 Å². The first-order chi connectivity index (χ1) is 10.2. The quantitative estimate of drug-likeness (QED) is 0.814. The lowest BCUT2D eigenvalue weighted by molar-refractivity contribution is -0.125. The van der Waals surface area contributed by atoms with E-state index in [2.05, 4.69) is 15.4 Å². The Hall–Kier alpha value is -1.89. The summed E-state index contributed by atoms with van der Waals surface area (Å²) in [5, 5.41) is 9.83. The third-order valence-electron chi connectivity index (χ3n) is 3.80. The number of nitrogens with zero attached hydrogens (tertiary/aromatic N) is 3. The molecular formula is C14H19N5OS. The first-order valence-electron chi connectivity index (χ1n) is 7.20. The lowest BCUT2D eigenvalue weighted by Gasteiger charge is -2.22. The summed E-state index contributed by atoms with van der Waals surface area (Å²) in [7, 11) is 0. The van der Waals surface area contributed by atoms with Crippen LogP contribution in [0.15, 0.2) is 17.6 Å². The molecule has 0 aromatic carbocycles. The van der Waals surface area contributed by atoms with Crippen molar-refractivity contribution in [1.82, 2.24) is 20.1 Å². The van der Waals surface area contributed by atoms with Crippen LogP contribution in [0, 0.1) is 5.92 Å². The number of hydrogen-bond donors (Lipinski definition) is 2. The molecule has 3 heterocycles. The van der Waals surface area contributed by atoms with Gasteiger partial charge in [0.05, 0.1) is 5.69 Å². The molecule has 6 nitrogen and oxygen atoms in total. The fraction of sp³-hybridized carbons (Fsp3) is 0.500. The molecule has 1 amide bonds. The number of carbonyl (C=O) groups excluding carboxylic acids is 1. The van der Waals surface area contributed by atoms with Gasteiger partial charge in [0.15, 0.2) is 5.13 Å². The monoisotopic (exact) mass is 305 g/mol. The van der Waals surface area contributed by atoms with E-state index in [1.807, 2.05) is 16.1 Å². The van der Waals surface area contributed by atoms with E-state index in [9.17, 15) is 4.79 Å². The van der Waals surface area contributed by atoms with Crippen LogP contribution < -0.4 is 11.1 Å². The van der Waals surface area contributed by atoms with E-state index < -0.39 is 0 Å². The maximum absolute atomic E-state index is 12.2. The average Bonchev–Trinajstić information content (AvgIpc) is 3.11. The Labute approximate surface area is 127 Å². The SMILES string of the molecule is Nc1nc(CCCNC(=O)C2CCn3nccc3C2)cs1. The summed E-state index contributed by atoms with van der Waals surface area (Å²) in [5.41, 5.74) is 7.75. The lowest BCUT2D eigenvalue weighted by atomic mass is 9.95. The van der Waals surface area contributed by atoms with Gasteiger partial charge in [0.2, 0.25) is 5.91 Å². The summed E-state index contributed by atoms with van der Waals surface area (Å²) in [5.74, 6) is 0.226. The highest BCUT2D eigenvalue weighted by Gasteiger charge is 2.24. The average molecular weight is 305 g/mol. The number of thiazole rings is 1. The number of aromatic nitrogens is 3. The number of aryl methyl sites for hydroxylation is 2. The molecule has 1 aliphatic rings. The molecule has 0 aliphatic carbocycles. The molecule has 3 N–H and O–H groups in total. The van der Waals surface area contributed by atoms with Crippen molar-refractivity contribution in [3.05, 3.63) is 29.0 Å². The van der Waals surface area contributed by atoms with Gasteiger partial charge >= 0.3 is 0 Å². The van der Waals surface area contributed by atoms with Crippen molar-refractivity contribution in [2.24, 2.45) is 5.92 Å². The Morgan fingerprint density at radius 2 is 2.48 bits per heavy atom. The minimum atomic E-state index is 0.0733. The molecule has 2 aromatic rings. The Bertz CT molecular complexity index is 620. The Balaban J connectivity index is 1.41. The highest BCUT2D eigenvalue weighted by Crippen LogP contribution is 2.19. The van der Waals surface area contributed by atoms with Gasteiger partial charge in [-0.25, -0.2) is 4.98 Å². The summed E-state index contributed by atoms with van der Waals surface area (Å²) in [6.45, 7) is 1.52. The topological polar surface area (TPSA) is 85.8 Å². The lowest BCUT2D eigenvalue weighted by Crippen LogP contribution is -2.36. The number of nitrogen functional groups attached to an aromatic ring is 1. The van der Waals surface area contributed by atoms with E-state index in [4.69, 9.17) is 5.73 Å². The van der Waals surface area contributed by atoms with E-state index in [0.29, 0.717) is 11.7 Å². The standard InChI is InChI=1S/C14H19N5OS/c15-14-18-11(9-21-14)2-1-5-16-13(20)10-4-7-19-12(8-10)3-6-17-19/h3,6,9-10H,1-2,4-5,7-8H2,(H2,15,18)(H,16,20). The Morgan fingerprint density at radius 3 is 3.29 bits per heavy atom. The van der Waals surface area contributed by atoms with E-state index in [-0.39, 0.29) is 11.8 Å². The molecule has 1 atom stereocenters. The van der Waals surface area contributed by atoms with Crippen LogP contribution in [0.25, 0.3) is 0 Å². The fourth-order valence-corrected chi connectivity index (χ4v) is 3.25. The second-order valence-electron chi connectivity index (χ2n) is 5.31. The first kappa shape index (κ1) is 14.1. The van der Waals surface area contributed by atoms with E-state index in [1.54, 1.807) is 6.20 Å². The zero-order chi connectivity index (χ0) is 14.7. The van der Waals surface area contributed by atoms with Crippen LogP contribution in [0.3, 0.4) is 0 Å². The van der Waals surface area contributed by atoms with Crippen LogP contribution in [0.5, 0.6) is 0 Å². The minimum Gasteiger partial charge on any atom is -0.375 e. The van der Waals surface area contributed by atoms with Crippen LogP contribution in [0.2, 0.25) is 0 Å². The van der Waals surface area contributed by atoms with Gasteiger partial charge in [-0.3, -0.25) is 9.48 Å². The number of anilines is 1. The predicted octanol–water partition coefficient (Wildman–Crippen LogP) is 1.23. The molecule has 1 unspecified atom stereocenters. The van der Waals surface area contributed by atoms with E-state index in [1.165, 1.54) is 11.3 Å². The molecule has 0 saturated heterocycles. The predicted molar refractivity (Wildman–Crippen MR) is 81.9 cm³/mol. The molecule has 3 rings (SSSR count). The van der Waals surface area contributed by atoms with Crippen molar-refractivity contribution >= 4 is 22.4 Å². The number of rotatable bonds is 5. The van der Waals surface area contributed by atoms with Gasteiger partial charge < -0.3 is 11.1 Å². The van der Waals surface area contributed by atoms with Gasteiger partial charge in [0.1, 0.15) is 0 Å². The number of carbonyl (C=O) groups is 1. The molecule has 2 aromatic heterocycles. The normalized spacial score (nSPS) is 17.4. The summed E-state index contributed by atoms with van der Waals surface area (Å²) in [6.07, 6.45) is 5.19. The summed E-state index contributed by atoms with van der Waals surface area (Å²) in [6, 6.07) is 1.99. The van der Waals surface area contributed by atoms with Gasteiger partial charge in [-0.2, -0.15) is 5.10 Å². The van der Waals surface area contributed by atoms with Gasteiger partial charge in [-0.15, -0.1) is 11.3 Å². The van der Waals surface area contributed by atoms with Crippen molar-refractivity contribution in [3.8, 4) is 0 Å². The fourth-order valence-electron chi connectivity index (χ4n) is 2.65. The van der Waals surface area contributed by atoms with E-state index >= 15 is 0 Å². The maximum Gasteiger partial charge on any atom is 0.223 e. The van der Waals surface area contributed by atoms with Crippen LogP contribution in [0.1, 0.15) is 24.2 Å². The Kier molecular flexibility index (Phi) is 4.19. The van der Waals surface area contributed by atoms with Crippen molar-refractivity contribution in [3.63, 3.8) is 0 Å². The van der Waals surface area contributed by atoms with Crippen LogP contribution in [0.4, 0.5) is 5.13 Å². The van der Waals surface area contributed by atoms with E-state index in [0.717, 1.165) is 43.6 Å². The smallest absolute Gasteiger partial charge is 0.223 e. The van der Waals surface area contributed by atoms with Crippen molar-refractivity contribution in [1.29, 1.82) is 0 Å². The molecule has 0 radical (unpaired) electrons. The summed E-state index contributed by atoms with van der Waals surface area (Å²) < 4.78 is 1.98. The molecule has 112 valence electrons. The first-order valence-corrected chi connectivity index (χ1v) is 8.08. The third kappa shape index (κ3) is 3.41. The van der Waals surface area contributed by atoms with Gasteiger partial charge in [0, 0.05) is 42.7 Å². The molecule has 0 spiro atoms.